The second kappa shape index (κ2) is 9.75. The summed E-state index contributed by atoms with van der Waals surface area (Å²) in [7, 11) is -3.59. The van der Waals surface area contributed by atoms with Gasteiger partial charge in [-0.15, -0.1) is 0 Å². The number of hydrogen-bond donors (Lipinski definition) is 1. The monoisotopic (exact) mass is 454 g/mol. The summed E-state index contributed by atoms with van der Waals surface area (Å²) in [5.74, 6) is -0.367. The summed E-state index contributed by atoms with van der Waals surface area (Å²) in [6.07, 6.45) is 6.96. The zero-order valence-corrected chi connectivity index (χ0v) is 20.0. The third kappa shape index (κ3) is 4.91. The first-order chi connectivity index (χ1) is 15.4. The van der Waals surface area contributed by atoms with Gasteiger partial charge in [0.25, 0.3) is 0 Å². The van der Waals surface area contributed by atoms with E-state index in [0.717, 1.165) is 30.4 Å². The number of benzene rings is 2. The summed E-state index contributed by atoms with van der Waals surface area (Å²) < 4.78 is 27.7. The summed E-state index contributed by atoms with van der Waals surface area (Å²) >= 11 is 0. The Morgan fingerprint density at radius 1 is 1.06 bits per heavy atom. The number of rotatable bonds is 6. The van der Waals surface area contributed by atoms with Gasteiger partial charge < -0.3 is 5.32 Å². The van der Waals surface area contributed by atoms with Crippen molar-refractivity contribution in [3.63, 3.8) is 0 Å². The maximum atomic E-state index is 13.2. The maximum absolute atomic E-state index is 13.2. The Bertz CT molecular complexity index is 1060. The zero-order valence-electron chi connectivity index (χ0n) is 19.1. The number of nitrogens with one attached hydrogen (secondary N) is 1. The molecule has 5 nitrogen and oxygen atoms in total. The average molecular weight is 455 g/mol. The number of carbonyl (C=O) groups is 1. The van der Waals surface area contributed by atoms with Gasteiger partial charge in [0.2, 0.25) is 15.9 Å². The number of piperidine rings is 1. The Balaban J connectivity index is 1.45. The fourth-order valence-electron chi connectivity index (χ4n) is 4.91. The lowest BCUT2D eigenvalue weighted by molar-refractivity contribution is -0.126. The molecule has 2 aromatic rings. The highest BCUT2D eigenvalue weighted by atomic mass is 32.2. The van der Waals surface area contributed by atoms with Crippen LogP contribution >= 0.6 is 0 Å². The molecule has 0 saturated carbocycles. The molecule has 2 aromatic carbocycles. The second-order valence-corrected chi connectivity index (χ2v) is 11.2. The predicted molar refractivity (Wildman–Crippen MR) is 127 cm³/mol. The highest BCUT2D eigenvalue weighted by Crippen LogP contribution is 2.28. The number of amides is 1. The Morgan fingerprint density at radius 2 is 1.78 bits per heavy atom. The minimum Gasteiger partial charge on any atom is -0.349 e. The van der Waals surface area contributed by atoms with E-state index in [1.807, 2.05) is 19.1 Å². The molecule has 0 spiro atoms. The first-order valence-electron chi connectivity index (χ1n) is 11.9. The summed E-state index contributed by atoms with van der Waals surface area (Å²) in [5.41, 5.74) is 5.02. The quantitative estimate of drug-likeness (QED) is 0.697. The van der Waals surface area contributed by atoms with E-state index in [1.165, 1.54) is 28.3 Å². The van der Waals surface area contributed by atoms with Gasteiger partial charge in [-0.2, -0.15) is 4.31 Å². The zero-order chi connectivity index (χ0) is 22.7. The summed E-state index contributed by atoms with van der Waals surface area (Å²) in [5, 5.41) is 3.22. The molecule has 4 rings (SSSR count). The number of sulfonamides is 1. The highest BCUT2D eigenvalue weighted by molar-refractivity contribution is 7.89. The van der Waals surface area contributed by atoms with Crippen molar-refractivity contribution in [2.24, 2.45) is 5.92 Å². The van der Waals surface area contributed by atoms with Crippen LogP contribution in [0.5, 0.6) is 0 Å². The number of fused-ring (bicyclic) bond motifs is 1. The van der Waals surface area contributed by atoms with Gasteiger partial charge in [0.15, 0.2) is 0 Å². The normalized spacial score (nSPS) is 20.4. The molecule has 1 aliphatic carbocycles. The van der Waals surface area contributed by atoms with Gasteiger partial charge in [-0.3, -0.25) is 4.79 Å². The minimum atomic E-state index is -3.59. The van der Waals surface area contributed by atoms with Crippen LogP contribution in [-0.2, 0) is 27.7 Å². The average Bonchev–Trinajstić information content (AvgIpc) is 2.82. The molecule has 1 N–H and O–H groups in total. The molecule has 2 atom stereocenters. The smallest absolute Gasteiger partial charge is 0.243 e. The van der Waals surface area contributed by atoms with E-state index >= 15 is 0 Å². The van der Waals surface area contributed by atoms with Crippen molar-refractivity contribution in [1.82, 2.24) is 9.62 Å². The summed E-state index contributed by atoms with van der Waals surface area (Å²) in [6, 6.07) is 13.5. The topological polar surface area (TPSA) is 66.5 Å². The van der Waals surface area contributed by atoms with Crippen molar-refractivity contribution < 1.29 is 13.2 Å². The van der Waals surface area contributed by atoms with Gasteiger partial charge >= 0.3 is 0 Å². The summed E-state index contributed by atoms with van der Waals surface area (Å²) in [4.78, 5) is 13.4. The van der Waals surface area contributed by atoms with Crippen LogP contribution in [0.2, 0.25) is 0 Å². The van der Waals surface area contributed by atoms with Gasteiger partial charge in [0.1, 0.15) is 0 Å². The van der Waals surface area contributed by atoms with E-state index < -0.39 is 10.0 Å². The molecule has 6 heteroatoms. The van der Waals surface area contributed by atoms with Crippen LogP contribution in [0.4, 0.5) is 0 Å². The van der Waals surface area contributed by atoms with Crippen molar-refractivity contribution in [3.8, 4) is 0 Å². The van der Waals surface area contributed by atoms with E-state index in [0.29, 0.717) is 24.3 Å². The predicted octanol–water partition coefficient (Wildman–Crippen LogP) is 4.54. The Labute approximate surface area is 192 Å². The highest BCUT2D eigenvalue weighted by Gasteiger charge is 2.34. The van der Waals surface area contributed by atoms with Crippen molar-refractivity contribution in [2.45, 2.75) is 69.7 Å². The van der Waals surface area contributed by atoms with Crippen LogP contribution in [0, 0.1) is 12.8 Å². The first-order valence-corrected chi connectivity index (χ1v) is 13.3. The van der Waals surface area contributed by atoms with Crippen molar-refractivity contribution in [1.29, 1.82) is 0 Å². The lowest BCUT2D eigenvalue weighted by Crippen LogP contribution is -2.46. The molecule has 2 aliphatic rings. The van der Waals surface area contributed by atoms with E-state index in [1.54, 1.807) is 12.1 Å². The molecule has 1 saturated heterocycles. The van der Waals surface area contributed by atoms with Crippen LogP contribution in [0.25, 0.3) is 0 Å². The number of hydrogen-bond acceptors (Lipinski definition) is 3. The van der Waals surface area contributed by atoms with Crippen LogP contribution in [0.1, 0.15) is 67.3 Å². The van der Waals surface area contributed by atoms with Crippen molar-refractivity contribution >= 4 is 15.9 Å². The van der Waals surface area contributed by atoms with Crippen LogP contribution in [0.3, 0.4) is 0 Å². The Kier molecular flexibility index (Phi) is 7.01. The molecule has 0 aromatic heterocycles. The lowest BCUT2D eigenvalue weighted by Gasteiger charge is -2.32. The van der Waals surface area contributed by atoms with Gasteiger partial charge in [-0.05, 0) is 80.7 Å². The molecule has 0 bridgehead atoms. The molecular formula is C26H34N2O3S. The SMILES string of the molecule is CC[C@@H](NC(=O)[C@H]1CCCN(S(=O)(=O)c2ccc(C)cc2)C1)c1ccc2c(c1)CCCC2. The largest absolute Gasteiger partial charge is 0.349 e. The van der Waals surface area contributed by atoms with Crippen molar-refractivity contribution in [3.05, 3.63) is 64.7 Å². The molecule has 1 aliphatic heterocycles. The number of carbonyl (C=O) groups excluding carboxylic acids is 1. The number of aryl methyl sites for hydroxylation is 3. The van der Waals surface area contributed by atoms with Crippen LogP contribution in [-0.4, -0.2) is 31.7 Å². The molecule has 32 heavy (non-hydrogen) atoms. The standard InChI is InChI=1S/C26H34N2O3S/c1-3-25(22-13-12-20-7-4-5-8-21(20)17-22)27-26(29)23-9-6-16-28(18-23)32(30,31)24-14-10-19(2)11-15-24/h10-15,17,23,25H,3-9,16,18H2,1-2H3,(H,27,29)/t23-,25+/m0/s1. The molecular weight excluding hydrogens is 420 g/mol. The fraction of sp³-hybridized carbons (Fsp3) is 0.500. The minimum absolute atomic E-state index is 0.0428. The molecule has 172 valence electrons. The van der Waals surface area contributed by atoms with E-state index in [2.05, 4.69) is 30.4 Å². The second-order valence-electron chi connectivity index (χ2n) is 9.22. The Hall–Kier alpha value is -2.18. The van der Waals surface area contributed by atoms with Gasteiger partial charge in [0, 0.05) is 13.1 Å². The molecule has 0 radical (unpaired) electrons. The van der Waals surface area contributed by atoms with E-state index in [9.17, 15) is 13.2 Å². The van der Waals surface area contributed by atoms with E-state index in [-0.39, 0.29) is 24.4 Å². The maximum Gasteiger partial charge on any atom is 0.243 e. The van der Waals surface area contributed by atoms with Gasteiger partial charge in [0.05, 0.1) is 16.9 Å². The third-order valence-electron chi connectivity index (χ3n) is 6.91. The van der Waals surface area contributed by atoms with Gasteiger partial charge in [-0.25, -0.2) is 8.42 Å². The van der Waals surface area contributed by atoms with Crippen LogP contribution in [0.15, 0.2) is 47.4 Å². The third-order valence-corrected chi connectivity index (χ3v) is 8.79. The Morgan fingerprint density at radius 3 is 2.50 bits per heavy atom. The molecule has 1 fully saturated rings. The first kappa shape index (κ1) is 23.0. The van der Waals surface area contributed by atoms with Crippen LogP contribution < -0.4 is 5.32 Å². The molecule has 1 amide bonds. The fourth-order valence-corrected chi connectivity index (χ4v) is 6.44. The van der Waals surface area contributed by atoms with Crippen molar-refractivity contribution in [2.75, 3.05) is 13.1 Å². The number of nitrogens with zero attached hydrogens (tertiary/aromatic N) is 1. The molecule has 0 unspecified atom stereocenters. The summed E-state index contributed by atoms with van der Waals surface area (Å²) in [6.45, 7) is 4.72. The van der Waals surface area contributed by atoms with E-state index in [4.69, 9.17) is 0 Å². The van der Waals surface area contributed by atoms with Gasteiger partial charge in [-0.1, -0.05) is 42.8 Å². The molecule has 1 heterocycles. The lowest BCUT2D eigenvalue weighted by atomic mass is 9.88.